The van der Waals surface area contributed by atoms with Gasteiger partial charge in [-0.25, -0.2) is 0 Å². The van der Waals surface area contributed by atoms with Crippen LogP contribution >= 0.6 is 0 Å². The first-order chi connectivity index (χ1) is 14.3. The average molecular weight is 389 g/mol. The zero-order valence-corrected chi connectivity index (χ0v) is 16.0. The molecule has 1 saturated heterocycles. The van der Waals surface area contributed by atoms with Crippen LogP contribution in [0, 0.1) is 0 Å². The highest BCUT2D eigenvalue weighted by atomic mass is 16.5. The number of anilines is 2. The molecule has 1 aliphatic heterocycles. The van der Waals surface area contributed by atoms with Gasteiger partial charge < -0.3 is 20.1 Å². The summed E-state index contributed by atoms with van der Waals surface area (Å²) in [6.45, 7) is 1.27. The number of aromatic nitrogens is 1. The van der Waals surface area contributed by atoms with Crippen molar-refractivity contribution in [2.45, 2.75) is 18.9 Å². The van der Waals surface area contributed by atoms with E-state index >= 15 is 0 Å². The molecule has 0 aliphatic carbocycles. The summed E-state index contributed by atoms with van der Waals surface area (Å²) in [6.07, 6.45) is 3.74. The molecule has 1 amide bonds. The van der Waals surface area contributed by atoms with Gasteiger partial charge in [-0.15, -0.1) is 0 Å². The molecule has 6 nitrogen and oxygen atoms in total. The second-order valence-electron chi connectivity index (χ2n) is 6.81. The van der Waals surface area contributed by atoms with Crippen LogP contribution in [0.5, 0.6) is 11.5 Å². The Morgan fingerprint density at radius 1 is 1.10 bits per heavy atom. The van der Waals surface area contributed by atoms with E-state index in [0.29, 0.717) is 18.0 Å². The highest BCUT2D eigenvalue weighted by Crippen LogP contribution is 2.31. The molecule has 0 radical (unpaired) electrons. The minimum Gasteiger partial charge on any atom is -0.455 e. The first-order valence-electron chi connectivity index (χ1n) is 9.73. The number of carbonyl (C=O) groups is 1. The maximum atomic E-state index is 12.4. The number of hydrogen-bond donors (Lipinski definition) is 2. The van der Waals surface area contributed by atoms with E-state index in [-0.39, 0.29) is 12.0 Å². The normalized spacial score (nSPS) is 15.7. The van der Waals surface area contributed by atoms with Crippen molar-refractivity contribution in [3.63, 3.8) is 0 Å². The molecule has 0 bridgehead atoms. The summed E-state index contributed by atoms with van der Waals surface area (Å²) in [6, 6.07) is 20.8. The summed E-state index contributed by atoms with van der Waals surface area (Å²) in [5, 5.41) is 6.21. The maximum absolute atomic E-state index is 12.4. The molecule has 0 spiro atoms. The molecule has 1 unspecified atom stereocenters. The summed E-state index contributed by atoms with van der Waals surface area (Å²) in [5.41, 5.74) is 1.91. The molecule has 0 saturated carbocycles. The summed E-state index contributed by atoms with van der Waals surface area (Å²) >= 11 is 0. The Balaban J connectivity index is 1.44. The van der Waals surface area contributed by atoms with Crippen LogP contribution in [0.2, 0.25) is 0 Å². The number of nitrogens with zero attached hydrogens (tertiary/aromatic N) is 1. The molecule has 1 aromatic heterocycles. The predicted molar refractivity (Wildman–Crippen MR) is 112 cm³/mol. The van der Waals surface area contributed by atoms with E-state index in [2.05, 4.69) is 15.6 Å². The Labute approximate surface area is 169 Å². The lowest BCUT2D eigenvalue weighted by atomic mass is 10.2. The fourth-order valence-corrected chi connectivity index (χ4v) is 3.16. The minimum atomic E-state index is -0.210. The van der Waals surface area contributed by atoms with Gasteiger partial charge in [0.1, 0.15) is 11.4 Å². The van der Waals surface area contributed by atoms with Gasteiger partial charge in [0, 0.05) is 25.0 Å². The molecule has 2 aromatic carbocycles. The molecule has 1 atom stereocenters. The van der Waals surface area contributed by atoms with E-state index in [0.717, 1.165) is 36.6 Å². The topological polar surface area (TPSA) is 72.5 Å². The molecule has 29 heavy (non-hydrogen) atoms. The number of amides is 1. The first-order valence-corrected chi connectivity index (χ1v) is 9.73. The number of hydrogen-bond acceptors (Lipinski definition) is 5. The summed E-state index contributed by atoms with van der Waals surface area (Å²) < 4.78 is 11.5. The zero-order chi connectivity index (χ0) is 19.9. The van der Waals surface area contributed by atoms with Crippen molar-refractivity contribution in [2.24, 2.45) is 0 Å². The van der Waals surface area contributed by atoms with Crippen LogP contribution < -0.4 is 15.4 Å². The second-order valence-corrected chi connectivity index (χ2v) is 6.81. The number of carbonyl (C=O) groups excluding carboxylic acids is 1. The Morgan fingerprint density at radius 3 is 2.76 bits per heavy atom. The number of nitrogens with one attached hydrogen (secondary N) is 2. The predicted octanol–water partition coefficient (Wildman–Crippen LogP) is 4.53. The molecule has 1 aliphatic rings. The maximum Gasteiger partial charge on any atom is 0.270 e. The third-order valence-electron chi connectivity index (χ3n) is 4.64. The first kappa shape index (κ1) is 19.0. The average Bonchev–Trinajstić information content (AvgIpc) is 3.28. The number of para-hydroxylation sites is 3. The van der Waals surface area contributed by atoms with E-state index in [4.69, 9.17) is 9.47 Å². The van der Waals surface area contributed by atoms with Crippen LogP contribution in [0.15, 0.2) is 72.9 Å². The highest BCUT2D eigenvalue weighted by molar-refractivity contribution is 5.93. The van der Waals surface area contributed by atoms with Gasteiger partial charge in [0.25, 0.3) is 5.91 Å². The summed E-state index contributed by atoms with van der Waals surface area (Å²) in [7, 11) is 0. The fraction of sp³-hybridized carbons (Fsp3) is 0.217. The number of benzene rings is 2. The zero-order valence-electron chi connectivity index (χ0n) is 16.0. The van der Waals surface area contributed by atoms with Crippen molar-refractivity contribution in [1.82, 2.24) is 10.3 Å². The van der Waals surface area contributed by atoms with Crippen LogP contribution in [0.25, 0.3) is 0 Å². The second kappa shape index (κ2) is 9.21. The Hall–Kier alpha value is -3.38. The molecule has 6 heteroatoms. The molecule has 4 rings (SSSR count). The molecule has 2 heterocycles. The van der Waals surface area contributed by atoms with Gasteiger partial charge in [0.05, 0.1) is 11.8 Å². The molecular formula is C23H23N3O3. The smallest absolute Gasteiger partial charge is 0.270 e. The van der Waals surface area contributed by atoms with E-state index in [1.807, 2.05) is 60.7 Å². The van der Waals surface area contributed by atoms with Crippen molar-refractivity contribution in [3.05, 3.63) is 78.6 Å². The lowest BCUT2D eigenvalue weighted by molar-refractivity contribution is 0.0854. The van der Waals surface area contributed by atoms with Gasteiger partial charge in [0.2, 0.25) is 0 Å². The standard InChI is InChI=1S/C23H23N3O3/c27-23(25-16-19-9-6-14-28-19)21-15-17(12-13-24-21)26-20-10-4-5-11-22(20)29-18-7-2-1-3-8-18/h1-5,7-8,10-13,15,19H,6,9,14,16H2,(H,24,26)(H,25,27). The Bertz CT molecular complexity index is 956. The van der Waals surface area contributed by atoms with Crippen LogP contribution in [-0.4, -0.2) is 30.1 Å². The van der Waals surface area contributed by atoms with Gasteiger partial charge >= 0.3 is 0 Å². The third kappa shape index (κ3) is 5.12. The van der Waals surface area contributed by atoms with Gasteiger partial charge in [-0.2, -0.15) is 0 Å². The molecule has 3 aromatic rings. The summed E-state index contributed by atoms with van der Waals surface area (Å²) in [4.78, 5) is 16.6. The Kier molecular flexibility index (Phi) is 6.02. The molecular weight excluding hydrogens is 366 g/mol. The van der Waals surface area contributed by atoms with Crippen molar-refractivity contribution in [1.29, 1.82) is 0 Å². The third-order valence-corrected chi connectivity index (χ3v) is 4.64. The largest absolute Gasteiger partial charge is 0.455 e. The van der Waals surface area contributed by atoms with Crippen molar-refractivity contribution >= 4 is 17.3 Å². The number of pyridine rings is 1. The van der Waals surface area contributed by atoms with Crippen LogP contribution in [-0.2, 0) is 4.74 Å². The van der Waals surface area contributed by atoms with Gasteiger partial charge in [0.15, 0.2) is 5.75 Å². The van der Waals surface area contributed by atoms with Crippen LogP contribution in [0.3, 0.4) is 0 Å². The van der Waals surface area contributed by atoms with Crippen molar-refractivity contribution in [2.75, 3.05) is 18.5 Å². The van der Waals surface area contributed by atoms with Gasteiger partial charge in [-0.1, -0.05) is 30.3 Å². The van der Waals surface area contributed by atoms with Crippen LogP contribution in [0.1, 0.15) is 23.3 Å². The molecule has 1 fully saturated rings. The van der Waals surface area contributed by atoms with Gasteiger partial charge in [-0.3, -0.25) is 9.78 Å². The molecule has 148 valence electrons. The quantitative estimate of drug-likeness (QED) is 0.621. The monoisotopic (exact) mass is 389 g/mol. The lowest BCUT2D eigenvalue weighted by Gasteiger charge is -2.14. The van der Waals surface area contributed by atoms with E-state index < -0.39 is 0 Å². The van der Waals surface area contributed by atoms with Crippen LogP contribution in [0.4, 0.5) is 11.4 Å². The highest BCUT2D eigenvalue weighted by Gasteiger charge is 2.17. The van der Waals surface area contributed by atoms with Crippen molar-refractivity contribution in [3.8, 4) is 11.5 Å². The summed E-state index contributed by atoms with van der Waals surface area (Å²) in [5.74, 6) is 1.24. The number of ether oxygens (including phenoxy) is 2. The minimum absolute atomic E-state index is 0.0993. The van der Waals surface area contributed by atoms with E-state index in [9.17, 15) is 4.79 Å². The van der Waals surface area contributed by atoms with Gasteiger partial charge in [-0.05, 0) is 49.2 Å². The van der Waals surface area contributed by atoms with E-state index in [1.165, 1.54) is 0 Å². The SMILES string of the molecule is O=C(NCC1CCCO1)c1cc(Nc2ccccc2Oc2ccccc2)ccn1. The van der Waals surface area contributed by atoms with Crippen molar-refractivity contribution < 1.29 is 14.3 Å². The van der Waals surface area contributed by atoms with E-state index in [1.54, 1.807) is 12.3 Å². The molecule has 2 N–H and O–H groups in total. The number of rotatable bonds is 7. The lowest BCUT2D eigenvalue weighted by Crippen LogP contribution is -2.32. The fourth-order valence-electron chi connectivity index (χ4n) is 3.16. The Morgan fingerprint density at radius 2 is 1.93 bits per heavy atom.